The Morgan fingerprint density at radius 2 is 1.60 bits per heavy atom. The molecule has 10 heteroatoms. The van der Waals surface area contributed by atoms with Crippen LogP contribution in [0.4, 0.5) is 14.6 Å². The first-order valence-corrected chi connectivity index (χ1v) is 13.9. The summed E-state index contributed by atoms with van der Waals surface area (Å²) in [6.45, 7) is 3.10. The van der Waals surface area contributed by atoms with Crippen LogP contribution >= 0.6 is 0 Å². The number of hydrogen-bond donors (Lipinski definition) is 1. The number of ether oxygens (including phenoxy) is 2. The molecule has 2 aliphatic heterocycles. The van der Waals surface area contributed by atoms with E-state index in [9.17, 15) is 18.4 Å². The van der Waals surface area contributed by atoms with E-state index < -0.39 is 11.7 Å². The molecule has 1 saturated heterocycles. The van der Waals surface area contributed by atoms with Gasteiger partial charge in [0.1, 0.15) is 5.82 Å². The number of fused-ring (bicyclic) bond motifs is 2. The first kappa shape index (κ1) is 26.3. The van der Waals surface area contributed by atoms with E-state index in [1.165, 1.54) is 12.1 Å². The Kier molecular flexibility index (Phi) is 6.12. The number of carbonyl (C=O) groups excluding carboxylic acids is 2. The van der Waals surface area contributed by atoms with Gasteiger partial charge in [-0.25, -0.2) is 4.98 Å². The summed E-state index contributed by atoms with van der Waals surface area (Å²) in [5.74, 6) is -0.0236. The first-order chi connectivity index (χ1) is 20.2. The second-order valence-electron chi connectivity index (χ2n) is 11.1. The fourth-order valence-corrected chi connectivity index (χ4v) is 5.70. The van der Waals surface area contributed by atoms with E-state index in [-0.39, 0.29) is 23.3 Å². The van der Waals surface area contributed by atoms with Crippen molar-refractivity contribution >= 4 is 28.4 Å². The predicted molar refractivity (Wildman–Crippen MR) is 153 cm³/mol. The fraction of sp³-hybridized carbons (Fsp3) is 0.281. The van der Waals surface area contributed by atoms with E-state index in [2.05, 4.69) is 26.7 Å². The summed E-state index contributed by atoms with van der Waals surface area (Å²) in [4.78, 5) is 35.5. The third-order valence-corrected chi connectivity index (χ3v) is 8.32. The predicted octanol–water partition coefficient (Wildman–Crippen LogP) is 5.28. The Morgan fingerprint density at radius 3 is 2.33 bits per heavy atom. The van der Waals surface area contributed by atoms with Gasteiger partial charge in [-0.2, -0.15) is 0 Å². The molecule has 1 N–H and O–H groups in total. The maximum atomic E-state index is 13.6. The second kappa shape index (κ2) is 9.77. The van der Waals surface area contributed by atoms with Crippen LogP contribution in [0.15, 0.2) is 72.8 Å². The minimum Gasteiger partial charge on any atom is -0.395 e. The van der Waals surface area contributed by atoms with Crippen molar-refractivity contribution < 1.29 is 27.8 Å². The zero-order valence-corrected chi connectivity index (χ0v) is 22.9. The topological polar surface area (TPSA) is 84.0 Å². The molecule has 0 unspecified atom stereocenters. The van der Waals surface area contributed by atoms with Crippen LogP contribution in [0.1, 0.15) is 28.8 Å². The number of aromatic nitrogens is 1. The maximum absolute atomic E-state index is 13.6. The average Bonchev–Trinajstić information content (AvgIpc) is 3.74. The molecule has 3 aromatic carbocycles. The number of pyridine rings is 1. The van der Waals surface area contributed by atoms with E-state index in [1.54, 1.807) is 6.07 Å². The highest BCUT2D eigenvalue weighted by atomic mass is 19.3. The van der Waals surface area contributed by atoms with Crippen molar-refractivity contribution in [2.75, 3.05) is 38.5 Å². The number of likely N-dealkylation sites (N-methyl/N-ethyl adjacent to an activating group) is 1. The molecule has 1 aliphatic carbocycles. The average molecular weight is 571 g/mol. The Hall–Kier alpha value is -4.57. The van der Waals surface area contributed by atoms with Crippen molar-refractivity contribution in [1.29, 1.82) is 0 Å². The van der Waals surface area contributed by atoms with Gasteiger partial charge in [0.2, 0.25) is 5.91 Å². The van der Waals surface area contributed by atoms with Crippen LogP contribution in [0.3, 0.4) is 0 Å². The lowest BCUT2D eigenvalue weighted by Crippen LogP contribution is -2.47. The van der Waals surface area contributed by atoms with Crippen LogP contribution in [0.25, 0.3) is 22.0 Å². The van der Waals surface area contributed by atoms with Crippen LogP contribution in [0, 0.1) is 0 Å². The smallest absolute Gasteiger partial charge is 0.395 e. The number of piperazine rings is 1. The Morgan fingerprint density at radius 1 is 0.881 bits per heavy atom. The number of benzene rings is 3. The molecule has 2 fully saturated rings. The SMILES string of the molecule is CN1CCN(C(=O)c2ccc(-c3nc(NC(=O)C4(c5ccc6c(c5)OC(F)(F)O6)CC4)cc4ccccc34)cc2)CC1. The van der Waals surface area contributed by atoms with E-state index in [4.69, 9.17) is 4.98 Å². The summed E-state index contributed by atoms with van der Waals surface area (Å²) < 4.78 is 36.2. The number of hydrogen-bond acceptors (Lipinski definition) is 6. The largest absolute Gasteiger partial charge is 0.586 e. The summed E-state index contributed by atoms with van der Waals surface area (Å²) in [5.41, 5.74) is 1.83. The molecule has 0 radical (unpaired) electrons. The standard InChI is InChI=1S/C32H28F2N4O4/c1-37-14-16-38(17-15-37)29(39)21-8-6-20(7-9-21)28-24-5-3-2-4-22(24)18-27(35-28)36-30(40)31(12-13-31)23-10-11-25-26(19-23)42-32(33,34)41-25/h2-11,18-19H,12-17H2,1H3,(H,35,36,40). The number of anilines is 1. The van der Waals surface area contributed by atoms with Crippen molar-refractivity contribution in [1.82, 2.24) is 14.8 Å². The number of alkyl halides is 2. The minimum atomic E-state index is -3.72. The molecule has 4 aromatic rings. The fourth-order valence-electron chi connectivity index (χ4n) is 5.70. The van der Waals surface area contributed by atoms with Crippen LogP contribution in [0.2, 0.25) is 0 Å². The van der Waals surface area contributed by atoms with Crippen LogP contribution in [0.5, 0.6) is 11.5 Å². The molecule has 0 bridgehead atoms. The quantitative estimate of drug-likeness (QED) is 0.352. The Bertz CT molecular complexity index is 1710. The van der Waals surface area contributed by atoms with Crippen LogP contribution in [-0.2, 0) is 10.2 Å². The molecular formula is C32H28F2N4O4. The third-order valence-electron chi connectivity index (χ3n) is 8.32. The van der Waals surface area contributed by atoms with Gasteiger partial charge in [0.15, 0.2) is 11.5 Å². The lowest BCUT2D eigenvalue weighted by Gasteiger charge is -2.32. The molecule has 3 heterocycles. The Balaban J connectivity index is 1.15. The van der Waals surface area contributed by atoms with E-state index in [0.29, 0.717) is 48.6 Å². The Labute approximate surface area is 240 Å². The number of nitrogens with zero attached hydrogens (tertiary/aromatic N) is 3. The second-order valence-corrected chi connectivity index (χ2v) is 11.1. The number of halogens is 2. The molecule has 7 rings (SSSR count). The van der Waals surface area contributed by atoms with Gasteiger partial charge < -0.3 is 24.6 Å². The molecule has 0 spiro atoms. The summed E-state index contributed by atoms with van der Waals surface area (Å²) in [6, 6.07) is 21.5. The van der Waals surface area contributed by atoms with Gasteiger partial charge in [-0.3, -0.25) is 9.59 Å². The highest BCUT2D eigenvalue weighted by Gasteiger charge is 2.53. The van der Waals surface area contributed by atoms with Gasteiger partial charge in [-0.05, 0) is 61.2 Å². The van der Waals surface area contributed by atoms with Crippen molar-refractivity contribution in [3.05, 3.63) is 83.9 Å². The van der Waals surface area contributed by atoms with Crippen molar-refractivity contribution in [2.24, 2.45) is 0 Å². The number of nitrogens with one attached hydrogen (secondary N) is 1. The van der Waals surface area contributed by atoms with Gasteiger partial charge in [0.25, 0.3) is 5.91 Å². The normalized spacial score (nSPS) is 18.6. The summed E-state index contributed by atoms with van der Waals surface area (Å²) >= 11 is 0. The molecule has 1 aromatic heterocycles. The molecule has 42 heavy (non-hydrogen) atoms. The first-order valence-electron chi connectivity index (χ1n) is 13.9. The van der Waals surface area contributed by atoms with Gasteiger partial charge in [-0.15, -0.1) is 8.78 Å². The van der Waals surface area contributed by atoms with E-state index in [0.717, 1.165) is 29.4 Å². The summed E-state index contributed by atoms with van der Waals surface area (Å²) in [5, 5.41) is 4.77. The van der Waals surface area contributed by atoms with Crippen molar-refractivity contribution in [3.8, 4) is 22.8 Å². The molecule has 0 atom stereocenters. The van der Waals surface area contributed by atoms with Crippen molar-refractivity contribution in [3.63, 3.8) is 0 Å². The summed E-state index contributed by atoms with van der Waals surface area (Å²) in [7, 11) is 2.05. The van der Waals surface area contributed by atoms with Crippen molar-refractivity contribution in [2.45, 2.75) is 24.6 Å². The maximum Gasteiger partial charge on any atom is 0.586 e. The minimum absolute atomic E-state index is 0.00968. The highest BCUT2D eigenvalue weighted by molar-refractivity contribution is 6.04. The number of rotatable bonds is 5. The van der Waals surface area contributed by atoms with Gasteiger partial charge in [-0.1, -0.05) is 42.5 Å². The lowest BCUT2D eigenvalue weighted by atomic mass is 9.94. The van der Waals surface area contributed by atoms with Gasteiger partial charge in [0, 0.05) is 42.7 Å². The molecular weight excluding hydrogens is 542 g/mol. The third kappa shape index (κ3) is 4.71. The highest BCUT2D eigenvalue weighted by Crippen LogP contribution is 2.52. The van der Waals surface area contributed by atoms with Crippen LogP contribution in [-0.4, -0.2) is 66.1 Å². The molecule has 1 saturated carbocycles. The summed E-state index contributed by atoms with van der Waals surface area (Å²) in [6.07, 6.45) is -2.59. The van der Waals surface area contributed by atoms with E-state index >= 15 is 0 Å². The zero-order valence-electron chi connectivity index (χ0n) is 22.9. The lowest BCUT2D eigenvalue weighted by molar-refractivity contribution is -0.286. The monoisotopic (exact) mass is 570 g/mol. The zero-order chi connectivity index (χ0) is 29.1. The number of amides is 2. The molecule has 3 aliphatic rings. The van der Waals surface area contributed by atoms with Crippen LogP contribution < -0.4 is 14.8 Å². The molecule has 2 amide bonds. The van der Waals surface area contributed by atoms with E-state index in [1.807, 2.05) is 59.5 Å². The molecule has 214 valence electrons. The van der Waals surface area contributed by atoms with Gasteiger partial charge >= 0.3 is 6.29 Å². The molecule has 8 nitrogen and oxygen atoms in total. The van der Waals surface area contributed by atoms with Gasteiger partial charge in [0.05, 0.1) is 11.1 Å². The number of carbonyl (C=O) groups is 2.